The maximum Gasteiger partial charge on any atom is 0.225 e. The second-order valence-electron chi connectivity index (χ2n) is 5.70. The number of H-pyrrole nitrogens is 1. The van der Waals surface area contributed by atoms with Crippen molar-refractivity contribution >= 4 is 17.5 Å². The molecule has 0 aliphatic carbocycles. The quantitative estimate of drug-likeness (QED) is 0.898. The van der Waals surface area contributed by atoms with Gasteiger partial charge >= 0.3 is 0 Å². The van der Waals surface area contributed by atoms with Gasteiger partial charge in [0.05, 0.1) is 0 Å². The molecule has 0 spiro atoms. The molecule has 1 saturated heterocycles. The number of piperidine rings is 1. The van der Waals surface area contributed by atoms with Crippen molar-refractivity contribution in [1.29, 1.82) is 0 Å². The van der Waals surface area contributed by atoms with Crippen LogP contribution < -0.4 is 10.2 Å². The van der Waals surface area contributed by atoms with Gasteiger partial charge in [-0.05, 0) is 37.8 Å². The number of aromatic amines is 1. The van der Waals surface area contributed by atoms with Crippen LogP contribution in [-0.4, -0.2) is 39.4 Å². The molecule has 116 valence electrons. The molecule has 1 amide bonds. The van der Waals surface area contributed by atoms with Gasteiger partial charge in [0.2, 0.25) is 5.91 Å². The van der Waals surface area contributed by atoms with Crippen molar-refractivity contribution in [3.63, 3.8) is 0 Å². The summed E-state index contributed by atoms with van der Waals surface area (Å²) < 4.78 is 0. The normalized spacial score (nSPS) is 15.8. The maximum atomic E-state index is 12.0. The Bertz CT molecular complexity index is 618. The molecule has 3 rings (SSSR count). The van der Waals surface area contributed by atoms with Gasteiger partial charge in [0.15, 0.2) is 11.6 Å². The Morgan fingerprint density at radius 3 is 2.91 bits per heavy atom. The Hall–Kier alpha value is -2.44. The van der Waals surface area contributed by atoms with Gasteiger partial charge in [0, 0.05) is 37.5 Å². The van der Waals surface area contributed by atoms with E-state index < -0.39 is 0 Å². The van der Waals surface area contributed by atoms with E-state index in [-0.39, 0.29) is 5.91 Å². The van der Waals surface area contributed by atoms with Gasteiger partial charge in [-0.2, -0.15) is 10.2 Å². The van der Waals surface area contributed by atoms with Crippen molar-refractivity contribution in [1.82, 2.24) is 20.4 Å². The number of rotatable bonds is 4. The average molecular weight is 300 g/mol. The van der Waals surface area contributed by atoms with Crippen molar-refractivity contribution in [2.75, 3.05) is 23.3 Å². The van der Waals surface area contributed by atoms with Gasteiger partial charge < -0.3 is 10.2 Å². The van der Waals surface area contributed by atoms with Crippen molar-refractivity contribution in [3.05, 3.63) is 30.1 Å². The summed E-state index contributed by atoms with van der Waals surface area (Å²) in [4.78, 5) is 14.3. The molecule has 22 heavy (non-hydrogen) atoms. The maximum absolute atomic E-state index is 12.0. The van der Waals surface area contributed by atoms with Crippen LogP contribution in [0, 0.1) is 12.8 Å². The van der Waals surface area contributed by atoms with Crippen LogP contribution in [0.3, 0.4) is 0 Å². The molecule has 2 aromatic rings. The molecule has 1 fully saturated rings. The van der Waals surface area contributed by atoms with Crippen LogP contribution in [-0.2, 0) is 4.79 Å². The summed E-state index contributed by atoms with van der Waals surface area (Å²) in [5, 5.41) is 17.7. The molecule has 0 radical (unpaired) electrons. The largest absolute Gasteiger partial charge is 0.355 e. The van der Waals surface area contributed by atoms with Crippen LogP contribution >= 0.6 is 0 Å². The molecule has 7 heteroatoms. The number of amides is 1. The number of nitrogens with one attached hydrogen (secondary N) is 2. The van der Waals surface area contributed by atoms with Crippen LogP contribution in [0.15, 0.2) is 24.4 Å². The molecule has 1 aliphatic heterocycles. The van der Waals surface area contributed by atoms with E-state index in [1.54, 1.807) is 6.20 Å². The first-order valence-corrected chi connectivity index (χ1v) is 7.55. The van der Waals surface area contributed by atoms with Crippen molar-refractivity contribution in [2.24, 2.45) is 5.92 Å². The fraction of sp³-hybridized carbons (Fsp3) is 0.467. The average Bonchev–Trinajstić information content (AvgIpc) is 2.94. The van der Waals surface area contributed by atoms with Gasteiger partial charge in [-0.1, -0.05) is 0 Å². The number of carbonyl (C=O) groups is 1. The summed E-state index contributed by atoms with van der Waals surface area (Å²) in [6.45, 7) is 3.74. The summed E-state index contributed by atoms with van der Waals surface area (Å²) in [7, 11) is 0. The minimum atomic E-state index is 0.0319. The molecule has 0 bridgehead atoms. The first kappa shape index (κ1) is 14.5. The number of carbonyl (C=O) groups excluding carboxylic acids is 1. The monoisotopic (exact) mass is 300 g/mol. The predicted molar refractivity (Wildman–Crippen MR) is 83.5 cm³/mol. The zero-order valence-electron chi connectivity index (χ0n) is 12.6. The predicted octanol–water partition coefficient (Wildman–Crippen LogP) is 1.75. The van der Waals surface area contributed by atoms with E-state index in [1.165, 1.54) is 0 Å². The summed E-state index contributed by atoms with van der Waals surface area (Å²) in [5.74, 6) is 1.95. The third-order valence-electron chi connectivity index (χ3n) is 3.94. The van der Waals surface area contributed by atoms with E-state index >= 15 is 0 Å². The molecule has 2 aromatic heterocycles. The lowest BCUT2D eigenvalue weighted by molar-refractivity contribution is -0.117. The molecule has 1 aliphatic rings. The molecule has 3 heterocycles. The van der Waals surface area contributed by atoms with Gasteiger partial charge in [0.1, 0.15) is 0 Å². The molecule has 0 unspecified atom stereocenters. The summed E-state index contributed by atoms with van der Waals surface area (Å²) in [6, 6.07) is 5.70. The lowest BCUT2D eigenvalue weighted by Crippen LogP contribution is -2.35. The van der Waals surface area contributed by atoms with E-state index in [1.807, 2.05) is 25.1 Å². The van der Waals surface area contributed by atoms with E-state index in [2.05, 4.69) is 30.6 Å². The molecule has 7 nitrogen and oxygen atoms in total. The van der Waals surface area contributed by atoms with Crippen LogP contribution in [0.25, 0.3) is 0 Å². The third-order valence-corrected chi connectivity index (χ3v) is 3.94. The van der Waals surface area contributed by atoms with E-state index in [4.69, 9.17) is 0 Å². The Labute approximate surface area is 129 Å². The summed E-state index contributed by atoms with van der Waals surface area (Å²) >= 11 is 0. The number of aromatic nitrogens is 4. The third kappa shape index (κ3) is 3.60. The highest BCUT2D eigenvalue weighted by atomic mass is 16.1. The van der Waals surface area contributed by atoms with Gasteiger partial charge in [-0.3, -0.25) is 9.89 Å². The highest BCUT2D eigenvalue weighted by Gasteiger charge is 2.22. The van der Waals surface area contributed by atoms with Crippen LogP contribution in [0.5, 0.6) is 0 Å². The SMILES string of the molecule is Cc1cc(NC(=O)CC2CCN(c3cccnn3)CC2)n[nH]1. The van der Waals surface area contributed by atoms with Crippen molar-refractivity contribution in [3.8, 4) is 0 Å². The number of anilines is 2. The van der Waals surface area contributed by atoms with Crippen molar-refractivity contribution in [2.45, 2.75) is 26.2 Å². The first-order valence-electron chi connectivity index (χ1n) is 7.55. The molecular formula is C15H20N6O. The zero-order chi connectivity index (χ0) is 15.4. The Morgan fingerprint density at radius 2 is 2.27 bits per heavy atom. The number of hydrogen-bond donors (Lipinski definition) is 2. The second kappa shape index (κ2) is 6.55. The Morgan fingerprint density at radius 1 is 1.45 bits per heavy atom. The first-order chi connectivity index (χ1) is 10.7. The minimum Gasteiger partial charge on any atom is -0.355 e. The van der Waals surface area contributed by atoms with Crippen LogP contribution in [0.1, 0.15) is 25.0 Å². The van der Waals surface area contributed by atoms with Gasteiger partial charge in [-0.15, -0.1) is 5.10 Å². The van der Waals surface area contributed by atoms with E-state index in [0.717, 1.165) is 37.4 Å². The lowest BCUT2D eigenvalue weighted by Gasteiger charge is -2.32. The standard InChI is InChI=1S/C15H20N6O/c1-11-9-13(19-18-11)17-15(22)10-12-4-7-21(8-5-12)14-3-2-6-16-20-14/h2-3,6,9,12H,4-5,7-8,10H2,1H3,(H2,17,18,19,22). The lowest BCUT2D eigenvalue weighted by atomic mass is 9.93. The molecule has 0 saturated carbocycles. The highest BCUT2D eigenvalue weighted by molar-refractivity contribution is 5.89. The summed E-state index contributed by atoms with van der Waals surface area (Å²) in [5.41, 5.74) is 0.938. The molecule has 0 aromatic carbocycles. The highest BCUT2D eigenvalue weighted by Crippen LogP contribution is 2.23. The second-order valence-corrected chi connectivity index (χ2v) is 5.70. The van der Waals surface area contributed by atoms with Gasteiger partial charge in [0.25, 0.3) is 0 Å². The minimum absolute atomic E-state index is 0.0319. The molecule has 2 N–H and O–H groups in total. The fourth-order valence-corrected chi connectivity index (χ4v) is 2.77. The van der Waals surface area contributed by atoms with E-state index in [0.29, 0.717) is 18.2 Å². The fourth-order valence-electron chi connectivity index (χ4n) is 2.77. The number of hydrogen-bond acceptors (Lipinski definition) is 5. The topological polar surface area (TPSA) is 86.8 Å². The Kier molecular flexibility index (Phi) is 4.32. The Balaban J connectivity index is 1.46. The van der Waals surface area contributed by atoms with Gasteiger partial charge in [-0.25, -0.2) is 0 Å². The smallest absolute Gasteiger partial charge is 0.225 e. The molecular weight excluding hydrogens is 280 g/mol. The zero-order valence-corrected chi connectivity index (χ0v) is 12.6. The van der Waals surface area contributed by atoms with Crippen LogP contribution in [0.4, 0.5) is 11.6 Å². The van der Waals surface area contributed by atoms with Crippen LogP contribution in [0.2, 0.25) is 0 Å². The summed E-state index contributed by atoms with van der Waals surface area (Å²) in [6.07, 6.45) is 4.20. The number of aryl methyl sites for hydroxylation is 1. The molecule has 0 atom stereocenters. The van der Waals surface area contributed by atoms with E-state index in [9.17, 15) is 4.79 Å². The van der Waals surface area contributed by atoms with Crippen molar-refractivity contribution < 1.29 is 4.79 Å². The number of nitrogens with zero attached hydrogens (tertiary/aromatic N) is 4.